The summed E-state index contributed by atoms with van der Waals surface area (Å²) in [4.78, 5) is 15.7. The third kappa shape index (κ3) is 2.55. The minimum atomic E-state index is -0.648. The quantitative estimate of drug-likeness (QED) is 0.793. The number of nitrogens with two attached hydrogens (primary N) is 2. The van der Waals surface area contributed by atoms with Gasteiger partial charge in [0.25, 0.3) is 5.91 Å². The second kappa shape index (κ2) is 5.59. The number of hydrogen-bond donors (Lipinski definition) is 3. The fraction of sp³-hybridized carbons (Fsp3) is 0.154. The Kier molecular flexibility index (Phi) is 3.86. The molecule has 1 amide bonds. The van der Waals surface area contributed by atoms with Crippen molar-refractivity contribution in [2.45, 2.75) is 13.0 Å². The molecule has 0 fully saturated rings. The first-order valence-electron chi connectivity index (χ1n) is 5.83. The summed E-state index contributed by atoms with van der Waals surface area (Å²) in [6, 6.07) is 5.62. The van der Waals surface area contributed by atoms with E-state index in [4.69, 9.17) is 16.7 Å². The van der Waals surface area contributed by atoms with E-state index in [1.807, 2.05) is 25.1 Å². The van der Waals surface area contributed by atoms with Crippen molar-refractivity contribution in [2.75, 3.05) is 11.1 Å². The summed E-state index contributed by atoms with van der Waals surface area (Å²) in [5.41, 5.74) is 12.4. The molecule has 102 valence electrons. The Balaban J connectivity index is 2.35. The summed E-state index contributed by atoms with van der Waals surface area (Å²) < 4.78 is 0. The lowest BCUT2D eigenvalue weighted by Crippen LogP contribution is -2.15. The second-order valence-corrected chi connectivity index (χ2v) is 5.19. The van der Waals surface area contributed by atoms with Gasteiger partial charge in [0.1, 0.15) is 15.9 Å². The third-order valence-electron chi connectivity index (χ3n) is 2.85. The summed E-state index contributed by atoms with van der Waals surface area (Å²) in [6.07, 6.45) is 3.37. The molecular formula is C13H13N5OS. The van der Waals surface area contributed by atoms with E-state index in [-0.39, 0.29) is 22.2 Å². The molecule has 0 saturated carbocycles. The number of nitrogens with zero attached hydrogens (tertiary/aromatic N) is 2. The van der Waals surface area contributed by atoms with Crippen LogP contribution in [0.25, 0.3) is 0 Å². The first kappa shape index (κ1) is 13.8. The molecule has 0 saturated heterocycles. The molecule has 6 nitrogen and oxygen atoms in total. The van der Waals surface area contributed by atoms with Gasteiger partial charge >= 0.3 is 0 Å². The average molecular weight is 287 g/mol. The molecule has 0 bridgehead atoms. The van der Waals surface area contributed by atoms with Gasteiger partial charge in [-0.2, -0.15) is 5.26 Å². The van der Waals surface area contributed by atoms with E-state index in [0.29, 0.717) is 5.00 Å². The Morgan fingerprint density at radius 2 is 2.15 bits per heavy atom. The highest BCUT2D eigenvalue weighted by Gasteiger charge is 2.21. The van der Waals surface area contributed by atoms with Crippen LogP contribution in [-0.4, -0.2) is 10.9 Å². The number of thiophene rings is 1. The number of rotatable bonds is 4. The SMILES string of the molecule is CC(Nc1sc(C#N)c(N)c1C(N)=O)c1ccncc1. The molecule has 7 heteroatoms. The zero-order valence-electron chi connectivity index (χ0n) is 10.8. The van der Waals surface area contributed by atoms with Crippen LogP contribution in [0, 0.1) is 11.3 Å². The van der Waals surface area contributed by atoms with Gasteiger partial charge in [0.05, 0.1) is 11.3 Å². The fourth-order valence-corrected chi connectivity index (χ4v) is 2.82. The van der Waals surface area contributed by atoms with Gasteiger partial charge < -0.3 is 16.8 Å². The number of nitrogens with one attached hydrogen (secondary N) is 1. The Morgan fingerprint density at radius 3 is 2.70 bits per heavy atom. The van der Waals surface area contributed by atoms with Crippen molar-refractivity contribution >= 4 is 27.9 Å². The number of amides is 1. The van der Waals surface area contributed by atoms with E-state index in [2.05, 4.69) is 10.3 Å². The van der Waals surface area contributed by atoms with Crippen LogP contribution in [0.5, 0.6) is 0 Å². The lowest BCUT2D eigenvalue weighted by molar-refractivity contribution is 0.100. The third-order valence-corrected chi connectivity index (χ3v) is 3.89. The van der Waals surface area contributed by atoms with Gasteiger partial charge in [-0.1, -0.05) is 0 Å². The van der Waals surface area contributed by atoms with Crippen LogP contribution in [0.15, 0.2) is 24.5 Å². The second-order valence-electron chi connectivity index (χ2n) is 4.17. The minimum absolute atomic E-state index is 0.0688. The first-order valence-corrected chi connectivity index (χ1v) is 6.64. The molecule has 2 heterocycles. The number of carbonyl (C=O) groups excluding carboxylic acids is 1. The van der Waals surface area contributed by atoms with Gasteiger partial charge in [0.15, 0.2) is 0 Å². The van der Waals surface area contributed by atoms with Crippen molar-refractivity contribution in [3.63, 3.8) is 0 Å². The lowest BCUT2D eigenvalue weighted by atomic mass is 10.1. The summed E-state index contributed by atoms with van der Waals surface area (Å²) in [5, 5.41) is 12.7. The van der Waals surface area contributed by atoms with Crippen LogP contribution >= 0.6 is 11.3 Å². The van der Waals surface area contributed by atoms with Crippen LogP contribution in [0.3, 0.4) is 0 Å². The predicted octanol–water partition coefficient (Wildman–Crippen LogP) is 1.87. The highest BCUT2D eigenvalue weighted by atomic mass is 32.1. The largest absolute Gasteiger partial charge is 0.396 e. The molecular weight excluding hydrogens is 274 g/mol. The van der Waals surface area contributed by atoms with E-state index in [1.54, 1.807) is 12.4 Å². The molecule has 0 aliphatic rings. The van der Waals surface area contributed by atoms with Crippen molar-refractivity contribution < 1.29 is 4.79 Å². The van der Waals surface area contributed by atoms with E-state index in [9.17, 15) is 4.79 Å². The van der Waals surface area contributed by atoms with Crippen LogP contribution in [-0.2, 0) is 0 Å². The zero-order valence-corrected chi connectivity index (χ0v) is 11.6. The molecule has 5 N–H and O–H groups in total. The molecule has 2 aromatic rings. The van der Waals surface area contributed by atoms with Gasteiger partial charge in [-0.05, 0) is 24.6 Å². The molecule has 2 aromatic heterocycles. The van der Waals surface area contributed by atoms with E-state index >= 15 is 0 Å². The van der Waals surface area contributed by atoms with Gasteiger partial charge in [0, 0.05) is 18.4 Å². The molecule has 2 rings (SSSR count). The topological polar surface area (TPSA) is 118 Å². The van der Waals surface area contributed by atoms with E-state index < -0.39 is 5.91 Å². The molecule has 0 aromatic carbocycles. The van der Waals surface area contributed by atoms with Gasteiger partial charge in [0.2, 0.25) is 0 Å². The Labute approximate surface area is 120 Å². The molecule has 0 aliphatic heterocycles. The zero-order chi connectivity index (χ0) is 14.7. The highest BCUT2D eigenvalue weighted by Crippen LogP contribution is 2.36. The molecule has 0 spiro atoms. The number of pyridine rings is 1. The molecule has 20 heavy (non-hydrogen) atoms. The molecule has 1 unspecified atom stereocenters. The molecule has 0 radical (unpaired) electrons. The monoisotopic (exact) mass is 287 g/mol. The number of nitrogen functional groups attached to an aromatic ring is 1. The summed E-state index contributed by atoms with van der Waals surface area (Å²) in [6.45, 7) is 1.93. The van der Waals surface area contributed by atoms with Crippen molar-refractivity contribution in [1.29, 1.82) is 5.26 Å². The smallest absolute Gasteiger partial charge is 0.253 e. The van der Waals surface area contributed by atoms with Crippen molar-refractivity contribution in [2.24, 2.45) is 5.73 Å². The maximum absolute atomic E-state index is 11.5. The fourth-order valence-electron chi connectivity index (χ4n) is 1.81. The first-order chi connectivity index (χ1) is 9.54. The maximum atomic E-state index is 11.5. The van der Waals surface area contributed by atoms with E-state index in [0.717, 1.165) is 16.9 Å². The summed E-state index contributed by atoms with van der Waals surface area (Å²) in [7, 11) is 0. The minimum Gasteiger partial charge on any atom is -0.396 e. The van der Waals surface area contributed by atoms with Crippen molar-refractivity contribution in [3.8, 4) is 6.07 Å². The van der Waals surface area contributed by atoms with Crippen LogP contribution in [0.4, 0.5) is 10.7 Å². The average Bonchev–Trinajstić information content (AvgIpc) is 2.75. The van der Waals surface area contributed by atoms with Crippen LogP contribution in [0.1, 0.15) is 33.8 Å². The number of carbonyl (C=O) groups is 1. The maximum Gasteiger partial charge on any atom is 0.253 e. The normalized spacial score (nSPS) is 11.6. The number of primary amides is 1. The summed E-state index contributed by atoms with van der Waals surface area (Å²) in [5.74, 6) is -0.648. The van der Waals surface area contributed by atoms with Crippen LogP contribution in [0.2, 0.25) is 0 Å². The lowest BCUT2D eigenvalue weighted by Gasteiger charge is -2.14. The molecule has 0 aliphatic carbocycles. The van der Waals surface area contributed by atoms with Crippen LogP contribution < -0.4 is 16.8 Å². The number of aromatic nitrogens is 1. The van der Waals surface area contributed by atoms with Gasteiger partial charge in [-0.3, -0.25) is 9.78 Å². The number of nitriles is 1. The standard InChI is InChI=1S/C13H13N5OS/c1-7(8-2-4-17-5-3-8)18-13-10(12(16)19)11(15)9(6-14)20-13/h2-5,7,18H,15H2,1H3,(H2,16,19). The van der Waals surface area contributed by atoms with Gasteiger partial charge in [-0.15, -0.1) is 11.3 Å². The Hall–Kier alpha value is -2.59. The van der Waals surface area contributed by atoms with Crippen molar-refractivity contribution in [3.05, 3.63) is 40.5 Å². The predicted molar refractivity (Wildman–Crippen MR) is 78.2 cm³/mol. The van der Waals surface area contributed by atoms with Gasteiger partial charge in [-0.25, -0.2) is 0 Å². The Bertz CT molecular complexity index is 674. The van der Waals surface area contributed by atoms with Crippen molar-refractivity contribution in [1.82, 2.24) is 4.98 Å². The number of hydrogen-bond acceptors (Lipinski definition) is 6. The molecule has 1 atom stereocenters. The Morgan fingerprint density at radius 1 is 1.50 bits per heavy atom. The summed E-state index contributed by atoms with van der Waals surface area (Å²) >= 11 is 1.12. The van der Waals surface area contributed by atoms with E-state index in [1.165, 1.54) is 0 Å². The number of anilines is 2. The highest BCUT2D eigenvalue weighted by molar-refractivity contribution is 7.17.